The van der Waals surface area contributed by atoms with Crippen LogP contribution in [0.2, 0.25) is 0 Å². The molecule has 8 heteroatoms. The van der Waals surface area contributed by atoms with Crippen LogP contribution in [0.25, 0.3) is 21.8 Å². The maximum absolute atomic E-state index is 13.0. The number of aromatic nitrogens is 3. The molecule has 0 atom stereocenters. The van der Waals surface area contributed by atoms with E-state index in [0.717, 1.165) is 38.5 Å². The molecule has 1 amide bonds. The highest BCUT2D eigenvalue weighted by molar-refractivity contribution is 7.20. The predicted molar refractivity (Wildman–Crippen MR) is 131 cm³/mol. The van der Waals surface area contributed by atoms with E-state index in [2.05, 4.69) is 20.3 Å². The molecule has 0 unspecified atom stereocenters. The van der Waals surface area contributed by atoms with Crippen molar-refractivity contribution in [2.75, 3.05) is 0 Å². The van der Waals surface area contributed by atoms with Gasteiger partial charge in [-0.05, 0) is 61.4 Å². The summed E-state index contributed by atoms with van der Waals surface area (Å²) in [5.74, 6) is 1.71. The van der Waals surface area contributed by atoms with Crippen LogP contribution in [-0.2, 0) is 13.2 Å². The number of benzene rings is 1. The lowest BCUT2D eigenvalue weighted by molar-refractivity contribution is 0.0954. The topological polar surface area (TPSA) is 90.1 Å². The van der Waals surface area contributed by atoms with Gasteiger partial charge in [0.25, 0.3) is 5.91 Å². The molecule has 0 radical (unpaired) electrons. The molecular weight excluding hydrogens is 448 g/mol. The normalized spacial score (nSPS) is 11.0. The Balaban J connectivity index is 1.29. The van der Waals surface area contributed by atoms with Gasteiger partial charge in [0.15, 0.2) is 11.6 Å². The lowest BCUT2D eigenvalue weighted by Crippen LogP contribution is -2.22. The fourth-order valence-electron chi connectivity index (χ4n) is 3.72. The van der Waals surface area contributed by atoms with E-state index in [9.17, 15) is 4.79 Å². The molecule has 0 fully saturated rings. The number of fused-ring (bicyclic) bond motifs is 1. The molecule has 1 N–H and O–H groups in total. The van der Waals surface area contributed by atoms with Gasteiger partial charge in [-0.3, -0.25) is 9.78 Å². The summed E-state index contributed by atoms with van der Waals surface area (Å²) in [6.07, 6.45) is 3.33. The number of ether oxygens (including phenoxy) is 1. The second-order valence-corrected chi connectivity index (χ2v) is 8.79. The van der Waals surface area contributed by atoms with Crippen LogP contribution in [-0.4, -0.2) is 20.9 Å². The van der Waals surface area contributed by atoms with E-state index in [0.29, 0.717) is 29.6 Å². The Morgan fingerprint density at radius 1 is 1.09 bits per heavy atom. The Labute approximate surface area is 200 Å². The second kappa shape index (κ2) is 9.44. The van der Waals surface area contributed by atoms with Gasteiger partial charge in [-0.25, -0.2) is 9.97 Å². The van der Waals surface area contributed by atoms with E-state index in [1.165, 1.54) is 11.3 Å². The van der Waals surface area contributed by atoms with Crippen molar-refractivity contribution < 1.29 is 13.9 Å². The van der Waals surface area contributed by atoms with Crippen LogP contribution in [0.5, 0.6) is 5.75 Å². The maximum Gasteiger partial charge on any atom is 0.261 e. The Morgan fingerprint density at radius 2 is 2.00 bits per heavy atom. The molecule has 0 spiro atoms. The molecule has 0 saturated heterocycles. The summed E-state index contributed by atoms with van der Waals surface area (Å²) in [6.45, 7) is 4.63. The molecule has 0 aliphatic heterocycles. The van der Waals surface area contributed by atoms with Crippen LogP contribution < -0.4 is 10.1 Å². The largest absolute Gasteiger partial charge is 0.487 e. The second-order valence-electron chi connectivity index (χ2n) is 7.79. The number of rotatable bonds is 7. The van der Waals surface area contributed by atoms with Crippen molar-refractivity contribution in [1.29, 1.82) is 0 Å². The minimum Gasteiger partial charge on any atom is -0.487 e. The van der Waals surface area contributed by atoms with Crippen molar-refractivity contribution >= 4 is 27.5 Å². The number of hydrogen-bond donors (Lipinski definition) is 1. The monoisotopic (exact) mass is 470 g/mol. The molecular formula is C26H22N4O3S. The summed E-state index contributed by atoms with van der Waals surface area (Å²) in [6, 6.07) is 17.0. The first-order valence-corrected chi connectivity index (χ1v) is 11.6. The minimum atomic E-state index is -0.140. The van der Waals surface area contributed by atoms with E-state index in [1.54, 1.807) is 18.5 Å². The fraction of sp³-hybridized carbons (Fsp3) is 0.154. The standard InChI is InChI=1S/C26H22N4O3S/c1-16-22-17(2)29-24(21-10-6-12-32-21)30-26(22)34-23(16)25(31)28-14-18-7-5-9-20(13-18)33-15-19-8-3-4-11-27-19/h3-13H,14-15H2,1-2H3,(H,28,31). The first-order chi connectivity index (χ1) is 16.6. The van der Waals surface area contributed by atoms with Crippen LogP contribution in [0.4, 0.5) is 0 Å². The number of carbonyl (C=O) groups excluding carboxylic acids is 1. The lowest BCUT2D eigenvalue weighted by atomic mass is 10.1. The first-order valence-electron chi connectivity index (χ1n) is 10.8. The number of carbonyl (C=O) groups is 1. The third-order valence-electron chi connectivity index (χ3n) is 5.38. The van der Waals surface area contributed by atoms with Crippen molar-refractivity contribution in [3.63, 3.8) is 0 Å². The minimum absolute atomic E-state index is 0.140. The van der Waals surface area contributed by atoms with Gasteiger partial charge in [0.1, 0.15) is 17.2 Å². The molecule has 4 heterocycles. The number of thiophene rings is 1. The van der Waals surface area contributed by atoms with Gasteiger partial charge < -0.3 is 14.5 Å². The Morgan fingerprint density at radius 3 is 2.79 bits per heavy atom. The molecule has 0 saturated carbocycles. The summed E-state index contributed by atoms with van der Waals surface area (Å²) in [5, 5.41) is 3.93. The van der Waals surface area contributed by atoms with Gasteiger partial charge >= 0.3 is 0 Å². The zero-order valence-electron chi connectivity index (χ0n) is 18.7. The van der Waals surface area contributed by atoms with Gasteiger partial charge in [0.05, 0.1) is 22.5 Å². The number of hydrogen-bond acceptors (Lipinski definition) is 7. The summed E-state index contributed by atoms with van der Waals surface area (Å²) in [4.78, 5) is 27.9. The zero-order valence-corrected chi connectivity index (χ0v) is 19.6. The van der Waals surface area contributed by atoms with Gasteiger partial charge in [-0.2, -0.15) is 0 Å². The summed E-state index contributed by atoms with van der Waals surface area (Å²) < 4.78 is 11.3. The molecule has 34 heavy (non-hydrogen) atoms. The van der Waals surface area contributed by atoms with Gasteiger partial charge in [-0.1, -0.05) is 18.2 Å². The Bertz CT molecular complexity index is 1450. The molecule has 4 aromatic heterocycles. The Kier molecular flexibility index (Phi) is 6.05. The van der Waals surface area contributed by atoms with Gasteiger partial charge in [-0.15, -0.1) is 11.3 Å². The number of pyridine rings is 1. The van der Waals surface area contributed by atoms with Crippen molar-refractivity contribution in [3.8, 4) is 17.3 Å². The molecule has 0 aliphatic carbocycles. The first kappa shape index (κ1) is 21.8. The molecule has 170 valence electrons. The molecule has 5 rings (SSSR count). The van der Waals surface area contributed by atoms with E-state index in [-0.39, 0.29) is 5.91 Å². The quantitative estimate of drug-likeness (QED) is 0.339. The summed E-state index contributed by atoms with van der Waals surface area (Å²) >= 11 is 1.37. The van der Waals surface area contributed by atoms with Crippen molar-refractivity contribution in [2.45, 2.75) is 27.0 Å². The zero-order chi connectivity index (χ0) is 23.5. The predicted octanol–water partition coefficient (Wildman–Crippen LogP) is 5.47. The number of nitrogens with zero attached hydrogens (tertiary/aromatic N) is 3. The summed E-state index contributed by atoms with van der Waals surface area (Å²) in [5.41, 5.74) is 3.51. The summed E-state index contributed by atoms with van der Waals surface area (Å²) in [7, 11) is 0. The fourth-order valence-corrected chi connectivity index (χ4v) is 4.87. The maximum atomic E-state index is 13.0. The van der Waals surface area contributed by atoms with E-state index in [4.69, 9.17) is 9.15 Å². The van der Waals surface area contributed by atoms with Crippen molar-refractivity contribution in [1.82, 2.24) is 20.3 Å². The highest BCUT2D eigenvalue weighted by Crippen LogP contribution is 2.33. The third-order valence-corrected chi connectivity index (χ3v) is 6.57. The van der Waals surface area contributed by atoms with Crippen LogP contribution in [0.15, 0.2) is 71.5 Å². The molecule has 0 bridgehead atoms. The van der Waals surface area contributed by atoms with Gasteiger partial charge in [0.2, 0.25) is 0 Å². The molecule has 1 aromatic carbocycles. The average Bonchev–Trinajstić information content (AvgIpc) is 3.51. The van der Waals surface area contributed by atoms with E-state index < -0.39 is 0 Å². The van der Waals surface area contributed by atoms with Crippen LogP contribution >= 0.6 is 11.3 Å². The SMILES string of the molecule is Cc1nc(-c2ccco2)nc2sc(C(=O)NCc3cccc(OCc4ccccn4)c3)c(C)c12. The lowest BCUT2D eigenvalue weighted by Gasteiger charge is -2.09. The van der Waals surface area contributed by atoms with Crippen LogP contribution in [0, 0.1) is 13.8 Å². The number of furan rings is 1. The van der Waals surface area contributed by atoms with Crippen molar-refractivity contribution in [3.05, 3.63) is 94.4 Å². The number of nitrogens with one attached hydrogen (secondary N) is 1. The molecule has 0 aliphatic rings. The number of aryl methyl sites for hydroxylation is 2. The van der Waals surface area contributed by atoms with Gasteiger partial charge in [0, 0.05) is 18.1 Å². The van der Waals surface area contributed by atoms with E-state index >= 15 is 0 Å². The van der Waals surface area contributed by atoms with Crippen LogP contribution in [0.1, 0.15) is 32.2 Å². The highest BCUT2D eigenvalue weighted by atomic mass is 32.1. The van der Waals surface area contributed by atoms with Crippen LogP contribution in [0.3, 0.4) is 0 Å². The van der Waals surface area contributed by atoms with Crippen molar-refractivity contribution in [2.24, 2.45) is 0 Å². The molecule has 5 aromatic rings. The highest BCUT2D eigenvalue weighted by Gasteiger charge is 2.20. The number of amides is 1. The third kappa shape index (κ3) is 4.53. The van der Waals surface area contributed by atoms with E-state index in [1.807, 2.05) is 62.4 Å². The average molecular weight is 471 g/mol. The smallest absolute Gasteiger partial charge is 0.261 e. The molecule has 7 nitrogen and oxygen atoms in total. The Hall–Kier alpha value is -4.04.